The van der Waals surface area contributed by atoms with Gasteiger partial charge in [0.25, 0.3) is 10.0 Å². The Morgan fingerprint density at radius 3 is 2.60 bits per heavy atom. The third-order valence-corrected chi connectivity index (χ3v) is 5.93. The summed E-state index contributed by atoms with van der Waals surface area (Å²) in [7, 11) is -3.83. The van der Waals surface area contributed by atoms with Crippen LogP contribution in [0.2, 0.25) is 0 Å². The Kier molecular flexibility index (Phi) is 3.94. The Morgan fingerprint density at radius 1 is 0.960 bits per heavy atom. The average Bonchev–Trinajstić information content (AvgIpc) is 2.62. The molecule has 4 rings (SSSR count). The zero-order valence-electron chi connectivity index (χ0n) is 13.4. The van der Waals surface area contributed by atoms with Gasteiger partial charge >= 0.3 is 0 Å². The SMILES string of the molecule is O=S(=O)(Nc1cccc2c1CCNC2)c1ccc(F)c2ccccc12. The molecule has 0 bridgehead atoms. The van der Waals surface area contributed by atoms with Crippen molar-refractivity contribution in [3.63, 3.8) is 0 Å². The molecule has 1 aliphatic rings. The van der Waals surface area contributed by atoms with Crippen molar-refractivity contribution in [1.82, 2.24) is 5.32 Å². The van der Waals surface area contributed by atoms with Crippen LogP contribution in [0.25, 0.3) is 10.8 Å². The molecule has 0 aliphatic carbocycles. The van der Waals surface area contributed by atoms with Gasteiger partial charge in [-0.1, -0.05) is 36.4 Å². The second kappa shape index (κ2) is 6.13. The number of halogens is 1. The molecule has 25 heavy (non-hydrogen) atoms. The molecule has 3 aromatic rings. The van der Waals surface area contributed by atoms with Crippen LogP contribution in [0.4, 0.5) is 10.1 Å². The Bertz CT molecular complexity index is 1060. The molecule has 0 fully saturated rings. The van der Waals surface area contributed by atoms with Gasteiger partial charge in [0.15, 0.2) is 0 Å². The molecule has 0 aromatic heterocycles. The fourth-order valence-corrected chi connectivity index (χ4v) is 4.60. The summed E-state index contributed by atoms with van der Waals surface area (Å²) >= 11 is 0. The third-order valence-electron chi connectivity index (χ3n) is 4.50. The molecule has 0 amide bonds. The van der Waals surface area contributed by atoms with Gasteiger partial charge in [0.2, 0.25) is 0 Å². The first-order valence-electron chi connectivity index (χ1n) is 8.08. The Labute approximate surface area is 145 Å². The molecule has 2 N–H and O–H groups in total. The van der Waals surface area contributed by atoms with E-state index in [0.29, 0.717) is 16.5 Å². The van der Waals surface area contributed by atoms with Crippen molar-refractivity contribution in [3.05, 3.63) is 71.5 Å². The minimum absolute atomic E-state index is 0.0797. The fourth-order valence-electron chi connectivity index (χ4n) is 3.30. The highest BCUT2D eigenvalue weighted by molar-refractivity contribution is 7.93. The molecule has 128 valence electrons. The van der Waals surface area contributed by atoms with Crippen molar-refractivity contribution < 1.29 is 12.8 Å². The van der Waals surface area contributed by atoms with E-state index in [2.05, 4.69) is 10.0 Å². The van der Waals surface area contributed by atoms with E-state index in [0.717, 1.165) is 30.6 Å². The number of hydrogen-bond donors (Lipinski definition) is 2. The molecular weight excluding hydrogens is 339 g/mol. The zero-order valence-corrected chi connectivity index (χ0v) is 14.2. The van der Waals surface area contributed by atoms with E-state index in [4.69, 9.17) is 0 Å². The lowest BCUT2D eigenvalue weighted by molar-refractivity contribution is 0.601. The second-order valence-electron chi connectivity index (χ2n) is 6.07. The summed E-state index contributed by atoms with van der Waals surface area (Å²) in [6.07, 6.45) is 0.762. The Balaban J connectivity index is 1.81. The molecule has 6 heteroatoms. The largest absolute Gasteiger partial charge is 0.312 e. The normalized spacial score (nSPS) is 14.3. The molecule has 1 heterocycles. The van der Waals surface area contributed by atoms with E-state index in [1.54, 1.807) is 30.3 Å². The van der Waals surface area contributed by atoms with Crippen molar-refractivity contribution in [3.8, 4) is 0 Å². The van der Waals surface area contributed by atoms with Gasteiger partial charge in [-0.25, -0.2) is 12.8 Å². The van der Waals surface area contributed by atoms with Crippen LogP contribution < -0.4 is 10.0 Å². The van der Waals surface area contributed by atoms with E-state index in [-0.39, 0.29) is 4.90 Å². The van der Waals surface area contributed by atoms with Crippen LogP contribution in [0.15, 0.2) is 59.5 Å². The minimum atomic E-state index is -3.83. The lowest BCUT2D eigenvalue weighted by Crippen LogP contribution is -2.25. The topological polar surface area (TPSA) is 58.2 Å². The van der Waals surface area contributed by atoms with Gasteiger partial charge in [-0.05, 0) is 42.3 Å². The van der Waals surface area contributed by atoms with Crippen molar-refractivity contribution in [1.29, 1.82) is 0 Å². The summed E-state index contributed by atoms with van der Waals surface area (Å²) in [6.45, 7) is 1.54. The van der Waals surface area contributed by atoms with Crippen LogP contribution in [-0.2, 0) is 23.0 Å². The van der Waals surface area contributed by atoms with Gasteiger partial charge in [-0.2, -0.15) is 0 Å². The summed E-state index contributed by atoms with van der Waals surface area (Å²) in [6, 6.07) is 14.7. The highest BCUT2D eigenvalue weighted by Crippen LogP contribution is 2.29. The fraction of sp³-hybridized carbons (Fsp3) is 0.158. The van der Waals surface area contributed by atoms with E-state index in [9.17, 15) is 12.8 Å². The maximum atomic E-state index is 14.0. The van der Waals surface area contributed by atoms with Gasteiger partial charge in [0, 0.05) is 17.3 Å². The number of anilines is 1. The number of hydrogen-bond acceptors (Lipinski definition) is 3. The van der Waals surface area contributed by atoms with Gasteiger partial charge in [0.1, 0.15) is 5.82 Å². The molecule has 0 spiro atoms. The standard InChI is InChI=1S/C19H17FN2O2S/c20-17-8-9-19(16-6-2-1-5-15(16)17)25(23,24)22-18-7-3-4-13-12-21-11-10-14(13)18/h1-9,21-22H,10-12H2. The Morgan fingerprint density at radius 2 is 1.76 bits per heavy atom. The highest BCUT2D eigenvalue weighted by atomic mass is 32.2. The van der Waals surface area contributed by atoms with Crippen LogP contribution in [0.3, 0.4) is 0 Å². The second-order valence-corrected chi connectivity index (χ2v) is 7.72. The zero-order chi connectivity index (χ0) is 17.4. The molecule has 0 atom stereocenters. The summed E-state index contributed by atoms with van der Waals surface area (Å²) in [5.74, 6) is -0.433. The van der Waals surface area contributed by atoms with Crippen LogP contribution in [0.1, 0.15) is 11.1 Å². The predicted molar refractivity (Wildman–Crippen MR) is 96.6 cm³/mol. The smallest absolute Gasteiger partial charge is 0.262 e. The van der Waals surface area contributed by atoms with Gasteiger partial charge in [-0.15, -0.1) is 0 Å². The van der Waals surface area contributed by atoms with E-state index in [1.807, 2.05) is 12.1 Å². The molecule has 1 aliphatic heterocycles. The highest BCUT2D eigenvalue weighted by Gasteiger charge is 2.21. The first-order chi connectivity index (χ1) is 12.1. The maximum Gasteiger partial charge on any atom is 0.262 e. The van der Waals surface area contributed by atoms with Crippen molar-refractivity contribution in [2.75, 3.05) is 11.3 Å². The Hall–Kier alpha value is -2.44. The number of rotatable bonds is 3. The number of nitrogens with one attached hydrogen (secondary N) is 2. The minimum Gasteiger partial charge on any atom is -0.312 e. The van der Waals surface area contributed by atoms with Crippen LogP contribution >= 0.6 is 0 Å². The third kappa shape index (κ3) is 2.88. The first-order valence-corrected chi connectivity index (χ1v) is 9.56. The quantitative estimate of drug-likeness (QED) is 0.756. The van der Waals surface area contributed by atoms with Gasteiger partial charge < -0.3 is 5.32 Å². The van der Waals surface area contributed by atoms with Gasteiger partial charge in [-0.3, -0.25) is 4.72 Å². The maximum absolute atomic E-state index is 14.0. The van der Waals surface area contributed by atoms with Gasteiger partial charge in [0.05, 0.1) is 10.6 Å². The van der Waals surface area contributed by atoms with E-state index < -0.39 is 15.8 Å². The molecular formula is C19H17FN2O2S. The van der Waals surface area contributed by atoms with Crippen molar-refractivity contribution in [2.24, 2.45) is 0 Å². The molecule has 4 nitrogen and oxygen atoms in total. The van der Waals surface area contributed by atoms with Crippen LogP contribution in [0, 0.1) is 5.82 Å². The lowest BCUT2D eigenvalue weighted by atomic mass is 9.99. The number of sulfonamides is 1. The summed E-state index contributed by atoms with van der Waals surface area (Å²) in [4.78, 5) is 0.0797. The number of benzene rings is 3. The molecule has 3 aromatic carbocycles. The number of fused-ring (bicyclic) bond motifs is 2. The summed E-state index contributed by atoms with van der Waals surface area (Å²) in [5.41, 5.74) is 2.69. The van der Waals surface area contributed by atoms with Crippen LogP contribution in [0.5, 0.6) is 0 Å². The predicted octanol–water partition coefficient (Wildman–Crippen LogP) is 3.43. The lowest BCUT2D eigenvalue weighted by Gasteiger charge is -2.21. The summed E-state index contributed by atoms with van der Waals surface area (Å²) in [5, 5.41) is 3.95. The molecule has 0 saturated carbocycles. The molecule has 0 unspecified atom stereocenters. The van der Waals surface area contributed by atoms with Crippen molar-refractivity contribution in [2.45, 2.75) is 17.9 Å². The van der Waals surface area contributed by atoms with Crippen molar-refractivity contribution >= 4 is 26.5 Å². The first kappa shape index (κ1) is 16.1. The van der Waals surface area contributed by atoms with E-state index >= 15 is 0 Å². The van der Waals surface area contributed by atoms with E-state index in [1.165, 1.54) is 12.1 Å². The summed E-state index contributed by atoms with van der Waals surface area (Å²) < 4.78 is 42.6. The molecule has 0 saturated heterocycles. The van der Waals surface area contributed by atoms with Crippen LogP contribution in [-0.4, -0.2) is 15.0 Å². The monoisotopic (exact) mass is 356 g/mol. The molecule has 0 radical (unpaired) electrons. The average molecular weight is 356 g/mol.